The minimum atomic E-state index is -0.543. The monoisotopic (exact) mass is 666 g/mol. The molecule has 2 saturated heterocycles. The van der Waals surface area contributed by atoms with E-state index >= 15 is 0 Å². The molecule has 0 bridgehead atoms. The van der Waals surface area contributed by atoms with Crippen molar-refractivity contribution in [3.8, 4) is 33.6 Å². The predicted octanol–water partition coefficient (Wildman–Crippen LogP) is 9.23. The van der Waals surface area contributed by atoms with Gasteiger partial charge in [0.2, 0.25) is 0 Å². The van der Waals surface area contributed by atoms with E-state index in [2.05, 4.69) is 70.4 Å². The summed E-state index contributed by atoms with van der Waals surface area (Å²) in [6.07, 6.45) is 6.68. The zero-order chi connectivity index (χ0) is 34.9. The highest BCUT2D eigenvalue weighted by atomic mass is 16.6. The Morgan fingerprint density at radius 3 is 1.73 bits per heavy atom. The Hall–Kier alpha value is -4.60. The molecule has 49 heavy (non-hydrogen) atoms. The molecule has 2 atom stereocenters. The number of hydrogen-bond acceptors (Lipinski definition) is 6. The number of nitrogens with zero attached hydrogens (tertiary/aromatic N) is 4. The molecule has 2 aliphatic rings. The van der Waals surface area contributed by atoms with Crippen molar-refractivity contribution >= 4 is 12.2 Å². The van der Waals surface area contributed by atoms with Gasteiger partial charge in [-0.2, -0.15) is 0 Å². The Kier molecular flexibility index (Phi) is 9.60. The number of imidazole rings is 2. The number of ether oxygens (including phenoxy) is 2. The number of H-pyrrole nitrogens is 2. The second-order valence-electron chi connectivity index (χ2n) is 15.2. The molecule has 0 aliphatic carbocycles. The van der Waals surface area contributed by atoms with Gasteiger partial charge in [-0.25, -0.2) is 19.6 Å². The maximum absolute atomic E-state index is 13.0. The molecule has 6 rings (SSSR count). The van der Waals surface area contributed by atoms with Crippen molar-refractivity contribution in [1.82, 2.24) is 29.7 Å². The maximum Gasteiger partial charge on any atom is 0.410 e. The first kappa shape index (κ1) is 34.3. The van der Waals surface area contributed by atoms with Gasteiger partial charge in [0, 0.05) is 24.3 Å². The fourth-order valence-corrected chi connectivity index (χ4v) is 6.75. The van der Waals surface area contributed by atoms with Gasteiger partial charge >= 0.3 is 12.2 Å². The average Bonchev–Trinajstić information content (AvgIpc) is 3.86. The van der Waals surface area contributed by atoms with Crippen molar-refractivity contribution < 1.29 is 19.1 Å². The van der Waals surface area contributed by atoms with E-state index in [9.17, 15) is 9.59 Å². The van der Waals surface area contributed by atoms with Gasteiger partial charge in [0.1, 0.15) is 22.9 Å². The van der Waals surface area contributed by atoms with E-state index in [4.69, 9.17) is 14.5 Å². The number of aromatic amines is 2. The Labute approximate surface area is 289 Å². The second-order valence-corrected chi connectivity index (χ2v) is 15.2. The van der Waals surface area contributed by atoms with Crippen LogP contribution in [0.15, 0.2) is 54.7 Å². The van der Waals surface area contributed by atoms with Crippen LogP contribution >= 0.6 is 0 Å². The first-order chi connectivity index (χ1) is 23.3. The van der Waals surface area contributed by atoms with Crippen LogP contribution in [0.2, 0.25) is 0 Å². The number of carbonyl (C=O) groups is 2. The first-order valence-electron chi connectivity index (χ1n) is 17.6. The molecule has 2 amide bonds. The zero-order valence-corrected chi connectivity index (χ0v) is 29.9. The molecular formula is C39H50N6O4. The van der Waals surface area contributed by atoms with Gasteiger partial charge < -0.3 is 19.4 Å². The molecule has 10 heteroatoms. The molecule has 0 saturated carbocycles. The molecule has 2 aromatic carbocycles. The highest BCUT2D eigenvalue weighted by molar-refractivity contribution is 5.73. The van der Waals surface area contributed by atoms with Crippen LogP contribution in [0.1, 0.15) is 110 Å². The highest BCUT2D eigenvalue weighted by Gasteiger charge is 2.36. The van der Waals surface area contributed by atoms with Crippen LogP contribution in [-0.2, 0) is 15.9 Å². The molecular weight excluding hydrogens is 616 g/mol. The van der Waals surface area contributed by atoms with Crippen LogP contribution in [0.5, 0.6) is 0 Å². The topological polar surface area (TPSA) is 116 Å². The van der Waals surface area contributed by atoms with Crippen molar-refractivity contribution in [3.63, 3.8) is 0 Å². The van der Waals surface area contributed by atoms with Crippen LogP contribution in [-0.4, -0.2) is 66.2 Å². The average molecular weight is 667 g/mol. The van der Waals surface area contributed by atoms with Crippen molar-refractivity contribution in [3.05, 3.63) is 72.1 Å². The summed E-state index contributed by atoms with van der Waals surface area (Å²) >= 11 is 0. The van der Waals surface area contributed by atoms with E-state index in [0.717, 1.165) is 89.5 Å². The largest absolute Gasteiger partial charge is 0.444 e. The lowest BCUT2D eigenvalue weighted by atomic mass is 10.00. The zero-order valence-electron chi connectivity index (χ0n) is 29.9. The standard InChI is InChI=1S/C39H50N6O4/c1-8-11-29-33(43-35(41-29)32-13-10-23-45(32)37(47)49-39(5,6)7)28-20-16-26(17-21-28)25-14-18-27(19-15-25)30-24-40-34(42-30)31-12-9-22-44(31)36(46)48-38(2,3)4/h14-21,24,31-32H,8-13,22-23H2,1-7H3,(H,40,42)(H,41,43)/t31-,32-/m1/s1. The number of carbonyl (C=O) groups excluding carboxylic acids is 2. The van der Waals surface area contributed by atoms with Crippen LogP contribution in [0.25, 0.3) is 33.6 Å². The third-order valence-corrected chi connectivity index (χ3v) is 8.97. The lowest BCUT2D eigenvalue weighted by molar-refractivity contribution is 0.0208. The molecule has 2 fully saturated rings. The Balaban J connectivity index is 1.16. The highest BCUT2D eigenvalue weighted by Crippen LogP contribution is 2.36. The quantitative estimate of drug-likeness (QED) is 0.203. The number of aryl methyl sites for hydroxylation is 1. The molecule has 2 N–H and O–H groups in total. The van der Waals surface area contributed by atoms with Gasteiger partial charge in [-0.05, 0) is 90.3 Å². The minimum Gasteiger partial charge on any atom is -0.444 e. The summed E-state index contributed by atoms with van der Waals surface area (Å²) < 4.78 is 11.3. The summed E-state index contributed by atoms with van der Waals surface area (Å²) in [5, 5.41) is 0. The number of likely N-dealkylation sites (tertiary alicyclic amines) is 2. The van der Waals surface area contributed by atoms with E-state index < -0.39 is 11.2 Å². The fourth-order valence-electron chi connectivity index (χ4n) is 6.75. The lowest BCUT2D eigenvalue weighted by Gasteiger charge is -2.27. The molecule has 2 aromatic heterocycles. The number of benzene rings is 2. The molecule has 260 valence electrons. The van der Waals surface area contributed by atoms with E-state index in [1.54, 1.807) is 4.90 Å². The Morgan fingerprint density at radius 2 is 1.22 bits per heavy atom. The van der Waals surface area contributed by atoms with Gasteiger partial charge in [-0.15, -0.1) is 0 Å². The SMILES string of the molecule is CCCc1[nH]c([C@H]2CCCN2C(=O)OC(C)(C)C)nc1-c1ccc(-c2ccc(-c3cnc([C@H]4CCCN4C(=O)OC(C)(C)C)[nH]3)cc2)cc1. The fraction of sp³-hybridized carbons (Fsp3) is 0.487. The number of rotatable bonds is 7. The van der Waals surface area contributed by atoms with Crippen LogP contribution in [0, 0.1) is 0 Å². The summed E-state index contributed by atoms with van der Waals surface area (Å²) in [5.41, 5.74) is 6.16. The minimum absolute atomic E-state index is 0.119. The summed E-state index contributed by atoms with van der Waals surface area (Å²) in [6, 6.07) is 16.7. The Bertz CT molecular complexity index is 1760. The third-order valence-electron chi connectivity index (χ3n) is 8.97. The van der Waals surface area contributed by atoms with Gasteiger partial charge in [-0.3, -0.25) is 9.80 Å². The molecule has 0 spiro atoms. The predicted molar refractivity (Wildman–Crippen MR) is 191 cm³/mol. The summed E-state index contributed by atoms with van der Waals surface area (Å²) in [6.45, 7) is 14.8. The van der Waals surface area contributed by atoms with Gasteiger partial charge in [-0.1, -0.05) is 61.9 Å². The van der Waals surface area contributed by atoms with Crippen molar-refractivity contribution in [2.24, 2.45) is 0 Å². The van der Waals surface area contributed by atoms with E-state index in [1.807, 2.05) is 52.6 Å². The van der Waals surface area contributed by atoms with Gasteiger partial charge in [0.05, 0.1) is 29.7 Å². The molecule has 0 unspecified atom stereocenters. The number of nitrogens with one attached hydrogen (secondary N) is 2. The maximum atomic E-state index is 13.0. The van der Waals surface area contributed by atoms with Gasteiger partial charge in [0.25, 0.3) is 0 Å². The summed E-state index contributed by atoms with van der Waals surface area (Å²) in [4.78, 5) is 46.2. The number of hydrogen-bond donors (Lipinski definition) is 2. The lowest BCUT2D eigenvalue weighted by Crippen LogP contribution is -2.36. The smallest absolute Gasteiger partial charge is 0.410 e. The van der Waals surface area contributed by atoms with Gasteiger partial charge in [0.15, 0.2) is 0 Å². The van der Waals surface area contributed by atoms with Crippen LogP contribution in [0.4, 0.5) is 9.59 Å². The molecule has 10 nitrogen and oxygen atoms in total. The molecule has 4 aromatic rings. The van der Waals surface area contributed by atoms with Crippen molar-refractivity contribution in [2.45, 2.75) is 110 Å². The van der Waals surface area contributed by atoms with E-state index in [-0.39, 0.29) is 24.3 Å². The molecule has 2 aliphatic heterocycles. The van der Waals surface area contributed by atoms with Crippen LogP contribution < -0.4 is 0 Å². The van der Waals surface area contributed by atoms with Crippen molar-refractivity contribution in [1.29, 1.82) is 0 Å². The number of amides is 2. The van der Waals surface area contributed by atoms with Crippen molar-refractivity contribution in [2.75, 3.05) is 13.1 Å². The molecule has 0 radical (unpaired) electrons. The third kappa shape index (κ3) is 7.84. The Morgan fingerprint density at radius 1 is 0.735 bits per heavy atom. The summed E-state index contributed by atoms with van der Waals surface area (Å²) in [7, 11) is 0. The van der Waals surface area contributed by atoms with E-state index in [1.165, 1.54) is 0 Å². The molecule has 4 heterocycles. The first-order valence-corrected chi connectivity index (χ1v) is 17.6. The number of aromatic nitrogens is 4. The van der Waals surface area contributed by atoms with E-state index in [0.29, 0.717) is 13.1 Å². The summed E-state index contributed by atoms with van der Waals surface area (Å²) in [5.74, 6) is 1.61. The second kappa shape index (κ2) is 13.7. The normalized spacial score (nSPS) is 18.3. The van der Waals surface area contributed by atoms with Crippen LogP contribution in [0.3, 0.4) is 0 Å².